The van der Waals surface area contributed by atoms with Crippen LogP contribution in [0.1, 0.15) is 25.8 Å². The molecule has 4 nitrogen and oxygen atoms in total. The van der Waals surface area contributed by atoms with E-state index >= 15 is 0 Å². The van der Waals surface area contributed by atoms with Crippen molar-refractivity contribution in [2.75, 3.05) is 18.6 Å². The normalized spacial score (nSPS) is 23.5. The van der Waals surface area contributed by atoms with Gasteiger partial charge < -0.3 is 4.90 Å². The van der Waals surface area contributed by atoms with E-state index < -0.39 is 15.8 Å². The number of hydrogen-bond acceptors (Lipinski definition) is 3. The number of likely N-dealkylation sites (tertiary alicyclic amines) is 1. The number of rotatable bonds is 5. The van der Waals surface area contributed by atoms with Crippen molar-refractivity contribution in [2.45, 2.75) is 32.7 Å². The number of benzene rings is 1. The molecule has 1 saturated heterocycles. The highest BCUT2D eigenvalue weighted by Crippen LogP contribution is 2.28. The number of hydrogen-bond donors (Lipinski definition) is 0. The fourth-order valence-electron chi connectivity index (χ4n) is 3.31. The van der Waals surface area contributed by atoms with Gasteiger partial charge in [-0.3, -0.25) is 4.79 Å². The zero-order valence-electron chi connectivity index (χ0n) is 13.5. The molecule has 0 N–H and O–H groups in total. The van der Waals surface area contributed by atoms with Crippen molar-refractivity contribution in [2.24, 2.45) is 11.8 Å². The van der Waals surface area contributed by atoms with Gasteiger partial charge in [-0.05, 0) is 31.2 Å². The second kappa shape index (κ2) is 6.82. The van der Waals surface area contributed by atoms with Crippen LogP contribution in [-0.4, -0.2) is 43.8 Å². The Morgan fingerprint density at radius 1 is 1.32 bits per heavy atom. The Labute approximate surface area is 133 Å². The summed E-state index contributed by atoms with van der Waals surface area (Å²) in [6.45, 7) is 4.51. The van der Waals surface area contributed by atoms with Crippen LogP contribution in [0, 0.1) is 11.8 Å². The average Bonchev–Trinajstić information content (AvgIpc) is 2.79. The van der Waals surface area contributed by atoms with Crippen LogP contribution in [0.3, 0.4) is 0 Å². The monoisotopic (exact) mass is 323 g/mol. The summed E-state index contributed by atoms with van der Waals surface area (Å²) in [6, 6.07) is 10.5. The molecule has 0 unspecified atom stereocenters. The van der Waals surface area contributed by atoms with E-state index in [1.807, 2.05) is 23.1 Å². The summed E-state index contributed by atoms with van der Waals surface area (Å²) in [4.78, 5) is 14.4. The maximum atomic E-state index is 12.5. The van der Waals surface area contributed by atoms with Crippen molar-refractivity contribution in [3.05, 3.63) is 35.9 Å². The average molecular weight is 323 g/mol. The summed E-state index contributed by atoms with van der Waals surface area (Å²) in [7, 11) is -3.12. The first kappa shape index (κ1) is 17.0. The highest BCUT2D eigenvalue weighted by atomic mass is 32.2. The van der Waals surface area contributed by atoms with Crippen molar-refractivity contribution in [1.29, 1.82) is 0 Å². The summed E-state index contributed by atoms with van der Waals surface area (Å²) in [6.07, 6.45) is 3.13. The van der Waals surface area contributed by atoms with Crippen LogP contribution < -0.4 is 0 Å². The predicted octanol–water partition coefficient (Wildman–Crippen LogP) is 2.15. The highest BCUT2D eigenvalue weighted by Gasteiger charge is 2.36. The van der Waals surface area contributed by atoms with Gasteiger partial charge in [0.1, 0.15) is 9.84 Å². The first-order valence-corrected chi connectivity index (χ1v) is 9.86. The van der Waals surface area contributed by atoms with Crippen LogP contribution in [0.25, 0.3) is 0 Å². The lowest BCUT2D eigenvalue weighted by atomic mass is 9.93. The van der Waals surface area contributed by atoms with Crippen molar-refractivity contribution in [1.82, 2.24) is 4.90 Å². The van der Waals surface area contributed by atoms with E-state index in [0.717, 1.165) is 19.4 Å². The molecule has 1 aromatic rings. The second-order valence-electron chi connectivity index (χ2n) is 6.50. The lowest BCUT2D eigenvalue weighted by molar-refractivity contribution is -0.135. The lowest BCUT2D eigenvalue weighted by Crippen LogP contribution is -2.41. The van der Waals surface area contributed by atoms with Crippen molar-refractivity contribution < 1.29 is 13.2 Å². The zero-order chi connectivity index (χ0) is 16.3. The molecule has 0 spiro atoms. The number of amides is 1. The summed E-state index contributed by atoms with van der Waals surface area (Å²) in [5.41, 5.74) is 1.29. The molecule has 0 aliphatic carbocycles. The zero-order valence-corrected chi connectivity index (χ0v) is 14.3. The minimum Gasteiger partial charge on any atom is -0.339 e. The second-order valence-corrected chi connectivity index (χ2v) is 8.69. The largest absolute Gasteiger partial charge is 0.339 e. The molecule has 5 heteroatoms. The molecule has 0 radical (unpaired) electrons. The van der Waals surface area contributed by atoms with Crippen LogP contribution >= 0.6 is 0 Å². The third-order valence-corrected chi connectivity index (χ3v) is 5.62. The van der Waals surface area contributed by atoms with Crippen molar-refractivity contribution >= 4 is 15.7 Å². The van der Waals surface area contributed by atoms with Crippen LogP contribution in [0.2, 0.25) is 0 Å². The SMILES string of the molecule is C[C@H](CS(C)(=O)=O)C(=O)N1CC[C@H](Cc2ccccc2)[C@@H]1C. The Kier molecular flexibility index (Phi) is 5.27. The Morgan fingerprint density at radius 3 is 2.55 bits per heavy atom. The topological polar surface area (TPSA) is 54.5 Å². The first-order valence-electron chi connectivity index (χ1n) is 7.80. The Morgan fingerprint density at radius 2 is 1.95 bits per heavy atom. The molecule has 1 amide bonds. The number of carbonyl (C=O) groups excluding carboxylic acids is 1. The maximum Gasteiger partial charge on any atom is 0.226 e. The molecular formula is C17H25NO3S. The molecule has 22 heavy (non-hydrogen) atoms. The summed E-state index contributed by atoms with van der Waals surface area (Å²) >= 11 is 0. The van der Waals surface area contributed by atoms with Gasteiger partial charge in [0, 0.05) is 24.8 Å². The number of carbonyl (C=O) groups is 1. The lowest BCUT2D eigenvalue weighted by Gasteiger charge is -2.27. The van der Waals surface area contributed by atoms with Crippen LogP contribution in [-0.2, 0) is 21.1 Å². The van der Waals surface area contributed by atoms with Crippen LogP contribution in [0.15, 0.2) is 30.3 Å². The van der Waals surface area contributed by atoms with Crippen LogP contribution in [0.5, 0.6) is 0 Å². The van der Waals surface area contributed by atoms with Gasteiger partial charge in [0.25, 0.3) is 0 Å². The molecule has 1 aliphatic heterocycles. The highest BCUT2D eigenvalue weighted by molar-refractivity contribution is 7.90. The Hall–Kier alpha value is -1.36. The standard InChI is InChI=1S/C17H25NO3S/c1-13(12-22(3,20)21)17(19)18-10-9-16(14(18)2)11-15-7-5-4-6-8-15/h4-8,13-14,16H,9-12H2,1-3H3/t13-,14+,16-/m1/s1. The summed E-state index contributed by atoms with van der Waals surface area (Å²) < 4.78 is 22.8. The predicted molar refractivity (Wildman–Crippen MR) is 88.3 cm³/mol. The summed E-state index contributed by atoms with van der Waals surface area (Å²) in [5, 5.41) is 0. The number of sulfone groups is 1. The summed E-state index contributed by atoms with van der Waals surface area (Å²) in [5.74, 6) is -0.128. The molecule has 122 valence electrons. The Bertz CT molecular complexity index is 612. The van der Waals surface area contributed by atoms with Gasteiger partial charge in [-0.15, -0.1) is 0 Å². The fourth-order valence-corrected chi connectivity index (χ4v) is 4.36. The molecule has 0 saturated carbocycles. The van der Waals surface area contributed by atoms with E-state index in [1.54, 1.807) is 6.92 Å². The molecule has 0 aromatic heterocycles. The minimum absolute atomic E-state index is 0.0338. The van der Waals surface area contributed by atoms with Gasteiger partial charge >= 0.3 is 0 Å². The fraction of sp³-hybridized carbons (Fsp3) is 0.588. The van der Waals surface area contributed by atoms with E-state index in [1.165, 1.54) is 11.8 Å². The van der Waals surface area contributed by atoms with Gasteiger partial charge in [-0.1, -0.05) is 37.3 Å². The van der Waals surface area contributed by atoms with Gasteiger partial charge in [0.2, 0.25) is 5.91 Å². The molecule has 1 aromatic carbocycles. The van der Waals surface area contributed by atoms with Gasteiger partial charge in [-0.2, -0.15) is 0 Å². The number of nitrogens with zero attached hydrogens (tertiary/aromatic N) is 1. The third-order valence-electron chi connectivity index (χ3n) is 4.51. The molecule has 3 atom stereocenters. The Balaban J connectivity index is 1.98. The third kappa shape index (κ3) is 4.32. The van der Waals surface area contributed by atoms with Crippen LogP contribution in [0.4, 0.5) is 0 Å². The van der Waals surface area contributed by atoms with Crippen molar-refractivity contribution in [3.63, 3.8) is 0 Å². The van der Waals surface area contributed by atoms with Gasteiger partial charge in [-0.25, -0.2) is 8.42 Å². The maximum absolute atomic E-state index is 12.5. The van der Waals surface area contributed by atoms with E-state index in [2.05, 4.69) is 19.1 Å². The van der Waals surface area contributed by atoms with E-state index in [0.29, 0.717) is 5.92 Å². The van der Waals surface area contributed by atoms with E-state index in [-0.39, 0.29) is 17.7 Å². The molecule has 1 fully saturated rings. The molecule has 1 heterocycles. The molecule has 1 aliphatic rings. The molecule has 0 bridgehead atoms. The quantitative estimate of drug-likeness (QED) is 0.834. The smallest absolute Gasteiger partial charge is 0.226 e. The van der Waals surface area contributed by atoms with Gasteiger partial charge in [0.15, 0.2) is 0 Å². The first-order chi connectivity index (χ1) is 10.3. The van der Waals surface area contributed by atoms with Gasteiger partial charge in [0.05, 0.1) is 5.75 Å². The molecular weight excluding hydrogens is 298 g/mol. The molecule has 2 rings (SSSR count). The van der Waals surface area contributed by atoms with E-state index in [9.17, 15) is 13.2 Å². The van der Waals surface area contributed by atoms with E-state index in [4.69, 9.17) is 0 Å². The minimum atomic E-state index is -3.12. The van der Waals surface area contributed by atoms with Crippen molar-refractivity contribution in [3.8, 4) is 0 Å².